The molecule has 4 aromatic rings. The predicted molar refractivity (Wildman–Crippen MR) is 117 cm³/mol. The number of nitrogens with zero attached hydrogens (tertiary/aromatic N) is 1. The van der Waals surface area contributed by atoms with Crippen molar-refractivity contribution in [1.82, 2.24) is 15.3 Å². The third kappa shape index (κ3) is 4.16. The Labute approximate surface area is 175 Å². The Morgan fingerprint density at radius 3 is 2.54 bits per heavy atom. The summed E-state index contributed by atoms with van der Waals surface area (Å²) in [5, 5.41) is 3.59. The number of hydrogen-bond acceptors (Lipinski definition) is 2. The number of imidazole rings is 1. The van der Waals surface area contributed by atoms with Gasteiger partial charge >= 0.3 is 0 Å². The summed E-state index contributed by atoms with van der Waals surface area (Å²) in [6.45, 7) is 0. The maximum absolute atomic E-state index is 12.7. The number of rotatable bonds is 4. The number of carbonyl (C=O) groups excluding carboxylic acids is 1. The van der Waals surface area contributed by atoms with Gasteiger partial charge in [-0.1, -0.05) is 57.9 Å². The lowest BCUT2D eigenvalue weighted by Gasteiger charge is -2.08. The second kappa shape index (κ2) is 8.00. The molecule has 0 bridgehead atoms. The molecule has 0 spiro atoms. The van der Waals surface area contributed by atoms with E-state index >= 15 is 0 Å². The second-order valence-corrected chi connectivity index (χ2v) is 7.53. The molecule has 1 amide bonds. The van der Waals surface area contributed by atoms with Crippen molar-refractivity contribution in [1.29, 1.82) is 0 Å². The van der Waals surface area contributed by atoms with Gasteiger partial charge < -0.3 is 10.3 Å². The van der Waals surface area contributed by atoms with Gasteiger partial charge in [0.15, 0.2) is 5.82 Å². The number of nitrogens with one attached hydrogen (secondary N) is 2. The number of hydrogen-bond donors (Lipinski definition) is 2. The van der Waals surface area contributed by atoms with E-state index in [0.717, 1.165) is 21.1 Å². The van der Waals surface area contributed by atoms with Gasteiger partial charge in [-0.05, 0) is 54.1 Å². The summed E-state index contributed by atoms with van der Waals surface area (Å²) in [5.41, 5.74) is 3.66. The van der Waals surface area contributed by atoms with Crippen LogP contribution in [0.3, 0.4) is 0 Å². The van der Waals surface area contributed by atoms with E-state index in [-0.39, 0.29) is 5.91 Å². The first-order valence-electron chi connectivity index (χ1n) is 8.58. The molecular weight excluding hydrogens is 438 g/mol. The summed E-state index contributed by atoms with van der Waals surface area (Å²) in [7, 11) is 0. The molecule has 0 saturated heterocycles. The Morgan fingerprint density at radius 1 is 1.04 bits per heavy atom. The van der Waals surface area contributed by atoms with Gasteiger partial charge in [0.2, 0.25) is 0 Å². The number of halogens is 2. The van der Waals surface area contributed by atoms with Crippen molar-refractivity contribution >= 4 is 56.2 Å². The number of aromatic nitrogens is 2. The highest BCUT2D eigenvalue weighted by Gasteiger charge is 2.13. The van der Waals surface area contributed by atoms with Crippen LogP contribution >= 0.6 is 27.5 Å². The monoisotopic (exact) mass is 451 g/mol. The van der Waals surface area contributed by atoms with E-state index in [2.05, 4.69) is 31.2 Å². The molecule has 1 heterocycles. The van der Waals surface area contributed by atoms with Gasteiger partial charge in [0, 0.05) is 15.1 Å². The molecule has 6 heteroatoms. The Hall–Kier alpha value is -2.89. The molecule has 0 aliphatic heterocycles. The normalized spacial score (nSPS) is 11.6. The molecule has 4 nitrogen and oxygen atoms in total. The fourth-order valence-corrected chi connectivity index (χ4v) is 3.22. The summed E-state index contributed by atoms with van der Waals surface area (Å²) in [6, 6.07) is 22.3. The van der Waals surface area contributed by atoms with Gasteiger partial charge in [0.25, 0.3) is 5.91 Å². The fraction of sp³-hybridized carbons (Fsp3) is 0. The number of aromatic amines is 1. The van der Waals surface area contributed by atoms with E-state index in [4.69, 9.17) is 11.6 Å². The van der Waals surface area contributed by atoms with Crippen molar-refractivity contribution in [3.63, 3.8) is 0 Å². The molecular formula is C22H15BrClN3O. The zero-order valence-electron chi connectivity index (χ0n) is 14.6. The minimum Gasteiger partial charge on any atom is -0.337 e. The predicted octanol–water partition coefficient (Wildman–Crippen LogP) is 5.91. The first kappa shape index (κ1) is 18.5. The molecule has 138 valence electrons. The van der Waals surface area contributed by atoms with Crippen LogP contribution in [0.2, 0.25) is 5.02 Å². The van der Waals surface area contributed by atoms with Crippen LogP contribution in [0.15, 0.2) is 77.3 Å². The van der Waals surface area contributed by atoms with Crippen LogP contribution in [0.1, 0.15) is 21.7 Å². The van der Waals surface area contributed by atoms with Crippen molar-refractivity contribution in [3.05, 3.63) is 99.2 Å². The quantitative estimate of drug-likeness (QED) is 0.404. The summed E-state index contributed by atoms with van der Waals surface area (Å²) in [6.07, 6.45) is 1.88. The lowest BCUT2D eigenvalue weighted by Crippen LogP contribution is -2.22. The third-order valence-electron chi connectivity index (χ3n) is 4.16. The first-order chi connectivity index (χ1) is 13.6. The molecule has 0 aliphatic carbocycles. The average molecular weight is 453 g/mol. The molecule has 0 atom stereocenters. The van der Waals surface area contributed by atoms with E-state index in [0.29, 0.717) is 22.1 Å². The summed E-state index contributed by atoms with van der Waals surface area (Å²) in [4.78, 5) is 20.6. The third-order valence-corrected chi connectivity index (χ3v) is 4.93. The lowest BCUT2D eigenvalue weighted by atomic mass is 10.1. The Bertz CT molecular complexity index is 1170. The highest BCUT2D eigenvalue weighted by molar-refractivity contribution is 9.10. The van der Waals surface area contributed by atoms with E-state index < -0.39 is 0 Å². The molecule has 0 saturated carbocycles. The topological polar surface area (TPSA) is 57.8 Å². The van der Waals surface area contributed by atoms with Gasteiger partial charge in [-0.15, -0.1) is 0 Å². The number of carbonyl (C=O) groups is 1. The SMILES string of the molecule is O=C(NC(=Cc1ccc(Br)cc1)c1nc2ccc(Cl)cc2[nH]1)c1ccccc1. The van der Waals surface area contributed by atoms with Gasteiger partial charge in [0.1, 0.15) is 0 Å². The molecule has 0 radical (unpaired) electrons. The van der Waals surface area contributed by atoms with Gasteiger partial charge in [-0.2, -0.15) is 0 Å². The van der Waals surface area contributed by atoms with Crippen molar-refractivity contribution in [2.75, 3.05) is 0 Å². The van der Waals surface area contributed by atoms with Gasteiger partial charge in [-0.25, -0.2) is 4.98 Å². The molecule has 0 unspecified atom stereocenters. The fourth-order valence-electron chi connectivity index (χ4n) is 2.78. The van der Waals surface area contributed by atoms with Crippen molar-refractivity contribution in [2.45, 2.75) is 0 Å². The maximum atomic E-state index is 12.7. The smallest absolute Gasteiger partial charge is 0.255 e. The minimum absolute atomic E-state index is 0.206. The zero-order chi connectivity index (χ0) is 19.5. The van der Waals surface area contributed by atoms with E-state index in [1.54, 1.807) is 18.2 Å². The molecule has 0 aliphatic rings. The summed E-state index contributed by atoms with van der Waals surface area (Å²) in [5.74, 6) is 0.354. The van der Waals surface area contributed by atoms with E-state index in [1.807, 2.05) is 60.7 Å². The highest BCUT2D eigenvalue weighted by Crippen LogP contribution is 2.22. The van der Waals surface area contributed by atoms with E-state index in [1.165, 1.54) is 0 Å². The molecule has 28 heavy (non-hydrogen) atoms. The maximum Gasteiger partial charge on any atom is 0.255 e. The van der Waals surface area contributed by atoms with Crippen LogP contribution < -0.4 is 5.32 Å². The molecule has 0 fully saturated rings. The van der Waals surface area contributed by atoms with Gasteiger partial charge in [0.05, 0.1) is 16.7 Å². The van der Waals surface area contributed by atoms with Crippen LogP contribution in [0, 0.1) is 0 Å². The molecule has 4 rings (SSSR count). The Balaban J connectivity index is 1.75. The summed E-state index contributed by atoms with van der Waals surface area (Å²) >= 11 is 9.52. The number of H-pyrrole nitrogens is 1. The lowest BCUT2D eigenvalue weighted by molar-refractivity contribution is 0.0973. The van der Waals surface area contributed by atoms with Crippen molar-refractivity contribution < 1.29 is 4.79 Å². The Morgan fingerprint density at radius 2 is 1.79 bits per heavy atom. The standard InChI is InChI=1S/C22H15BrClN3O/c23-16-8-6-14(7-9-16)12-20(27-22(28)15-4-2-1-3-5-15)21-25-18-11-10-17(24)13-19(18)26-21/h1-13H,(H,25,26)(H,27,28). The Kier molecular flexibility index (Phi) is 5.28. The number of fused-ring (bicyclic) bond motifs is 1. The summed E-state index contributed by atoms with van der Waals surface area (Å²) < 4.78 is 0.984. The average Bonchev–Trinajstić information content (AvgIpc) is 3.13. The molecule has 2 N–H and O–H groups in total. The van der Waals surface area contributed by atoms with Crippen LogP contribution in [0.25, 0.3) is 22.8 Å². The second-order valence-electron chi connectivity index (χ2n) is 6.18. The number of benzene rings is 3. The number of amides is 1. The van der Waals surface area contributed by atoms with Crippen LogP contribution in [0.4, 0.5) is 0 Å². The van der Waals surface area contributed by atoms with Crippen molar-refractivity contribution in [3.8, 4) is 0 Å². The first-order valence-corrected chi connectivity index (χ1v) is 9.75. The van der Waals surface area contributed by atoms with Gasteiger partial charge in [-0.3, -0.25) is 4.79 Å². The zero-order valence-corrected chi connectivity index (χ0v) is 17.0. The molecule has 3 aromatic carbocycles. The largest absolute Gasteiger partial charge is 0.337 e. The van der Waals surface area contributed by atoms with E-state index in [9.17, 15) is 4.79 Å². The van der Waals surface area contributed by atoms with Crippen molar-refractivity contribution in [2.24, 2.45) is 0 Å². The highest BCUT2D eigenvalue weighted by atomic mass is 79.9. The molecule has 1 aromatic heterocycles. The van der Waals surface area contributed by atoms with Crippen LogP contribution in [-0.4, -0.2) is 15.9 Å². The minimum atomic E-state index is -0.206. The van der Waals surface area contributed by atoms with Crippen LogP contribution in [-0.2, 0) is 0 Å². The van der Waals surface area contributed by atoms with Crippen LogP contribution in [0.5, 0.6) is 0 Å².